The number of imide groups is 1. The summed E-state index contributed by atoms with van der Waals surface area (Å²) in [7, 11) is 0. The molecule has 3 rings (SSSR count). The average molecular weight is 418 g/mol. The third-order valence-corrected chi connectivity index (χ3v) is 6.04. The zero-order chi connectivity index (χ0) is 20.8. The highest BCUT2D eigenvalue weighted by atomic mass is 32.2. The van der Waals surface area contributed by atoms with E-state index in [0.717, 1.165) is 37.0 Å². The topological polar surface area (TPSA) is 102 Å². The Morgan fingerprint density at radius 2 is 2.14 bits per heavy atom. The van der Waals surface area contributed by atoms with Crippen LogP contribution in [0.4, 0.5) is 4.79 Å². The van der Waals surface area contributed by atoms with E-state index >= 15 is 0 Å². The summed E-state index contributed by atoms with van der Waals surface area (Å²) in [6.45, 7) is 7.88. The van der Waals surface area contributed by atoms with Gasteiger partial charge in [-0.2, -0.15) is 0 Å². The minimum absolute atomic E-state index is 0.149. The zero-order valence-electron chi connectivity index (χ0n) is 16.8. The first-order valence-corrected chi connectivity index (χ1v) is 10.7. The second-order valence-electron chi connectivity index (χ2n) is 7.15. The van der Waals surface area contributed by atoms with Gasteiger partial charge in [-0.25, -0.2) is 4.79 Å². The number of rotatable bonds is 7. The normalized spacial score (nSPS) is 15.7. The van der Waals surface area contributed by atoms with Crippen molar-refractivity contribution in [2.75, 3.05) is 0 Å². The number of nitrogens with zero attached hydrogens (tertiary/aromatic N) is 3. The molecule has 0 unspecified atom stereocenters. The SMILES string of the molecule is C=CCn1c(S[C@@H](C)C(=O)NC(=O)NC2CCCCC2)nnc1-c1ccoc1C. The first kappa shape index (κ1) is 21.2. The second kappa shape index (κ2) is 9.78. The Morgan fingerprint density at radius 3 is 2.79 bits per heavy atom. The molecule has 0 bridgehead atoms. The Morgan fingerprint density at radius 1 is 1.38 bits per heavy atom. The third kappa shape index (κ3) is 5.29. The van der Waals surface area contributed by atoms with Gasteiger partial charge in [0.2, 0.25) is 5.91 Å². The van der Waals surface area contributed by atoms with Crippen molar-refractivity contribution in [3.8, 4) is 11.4 Å². The number of aryl methyl sites for hydroxylation is 1. The van der Waals surface area contributed by atoms with Crippen molar-refractivity contribution in [2.45, 2.75) is 68.9 Å². The molecule has 3 amide bonds. The van der Waals surface area contributed by atoms with Crippen LogP contribution in [0.15, 0.2) is 34.6 Å². The number of carbonyl (C=O) groups excluding carboxylic acids is 2. The number of furan rings is 1. The average Bonchev–Trinajstić information content (AvgIpc) is 3.28. The van der Waals surface area contributed by atoms with Crippen molar-refractivity contribution in [1.82, 2.24) is 25.4 Å². The summed E-state index contributed by atoms with van der Waals surface area (Å²) in [5.74, 6) is 1.03. The van der Waals surface area contributed by atoms with Crippen molar-refractivity contribution >= 4 is 23.7 Å². The van der Waals surface area contributed by atoms with E-state index in [1.807, 2.05) is 17.6 Å². The van der Waals surface area contributed by atoms with Gasteiger partial charge < -0.3 is 9.73 Å². The van der Waals surface area contributed by atoms with Crippen LogP contribution >= 0.6 is 11.8 Å². The molecule has 29 heavy (non-hydrogen) atoms. The summed E-state index contributed by atoms with van der Waals surface area (Å²) in [4.78, 5) is 24.6. The first-order chi connectivity index (χ1) is 14.0. The van der Waals surface area contributed by atoms with Crippen LogP contribution in [0, 0.1) is 6.92 Å². The van der Waals surface area contributed by atoms with E-state index in [9.17, 15) is 9.59 Å². The van der Waals surface area contributed by atoms with Crippen molar-refractivity contribution in [3.63, 3.8) is 0 Å². The van der Waals surface area contributed by atoms with Crippen LogP contribution in [-0.2, 0) is 11.3 Å². The number of thioether (sulfide) groups is 1. The van der Waals surface area contributed by atoms with Crippen LogP contribution in [0.5, 0.6) is 0 Å². The molecule has 2 heterocycles. The van der Waals surface area contributed by atoms with E-state index in [2.05, 4.69) is 27.4 Å². The summed E-state index contributed by atoms with van der Waals surface area (Å²) in [5, 5.41) is 13.9. The molecule has 1 atom stereocenters. The standard InChI is InChI=1S/C20H27N5O3S/c1-4-11-25-17(16-10-12-28-13(16)2)23-24-20(25)29-14(3)18(26)22-19(27)21-15-8-6-5-7-9-15/h4,10,12,14-15H,1,5-9,11H2,2-3H3,(H2,21,22,26,27)/t14-/m0/s1. The van der Waals surface area contributed by atoms with Crippen molar-refractivity contribution < 1.29 is 14.0 Å². The number of allylic oxidation sites excluding steroid dienone is 1. The minimum atomic E-state index is -0.516. The molecule has 8 nitrogen and oxygen atoms in total. The molecular weight excluding hydrogens is 390 g/mol. The predicted molar refractivity (Wildman–Crippen MR) is 112 cm³/mol. The first-order valence-electron chi connectivity index (χ1n) is 9.86. The van der Waals surface area contributed by atoms with Gasteiger partial charge in [0.15, 0.2) is 11.0 Å². The summed E-state index contributed by atoms with van der Waals surface area (Å²) in [6, 6.07) is 1.55. The number of hydrogen-bond donors (Lipinski definition) is 2. The largest absolute Gasteiger partial charge is 0.469 e. The van der Waals surface area contributed by atoms with E-state index in [1.165, 1.54) is 18.2 Å². The molecule has 2 N–H and O–H groups in total. The lowest BCUT2D eigenvalue weighted by Crippen LogP contribution is -2.47. The van der Waals surface area contributed by atoms with Crippen LogP contribution in [0.25, 0.3) is 11.4 Å². The highest BCUT2D eigenvalue weighted by Gasteiger charge is 2.24. The van der Waals surface area contributed by atoms with E-state index in [0.29, 0.717) is 17.5 Å². The number of hydrogen-bond acceptors (Lipinski definition) is 6. The maximum absolute atomic E-state index is 12.5. The fourth-order valence-electron chi connectivity index (χ4n) is 3.38. The van der Waals surface area contributed by atoms with Gasteiger partial charge in [0, 0.05) is 12.6 Å². The lowest BCUT2D eigenvalue weighted by atomic mass is 9.96. The van der Waals surface area contributed by atoms with Crippen LogP contribution < -0.4 is 10.6 Å². The molecule has 156 valence electrons. The molecule has 1 fully saturated rings. The van der Waals surface area contributed by atoms with Crippen molar-refractivity contribution in [3.05, 3.63) is 30.7 Å². The summed E-state index contributed by atoms with van der Waals surface area (Å²) >= 11 is 1.25. The number of urea groups is 1. The maximum Gasteiger partial charge on any atom is 0.321 e. The van der Waals surface area contributed by atoms with Gasteiger partial charge in [0.05, 0.1) is 17.1 Å². The molecule has 1 aliphatic rings. The molecule has 0 spiro atoms. The van der Waals surface area contributed by atoms with Crippen LogP contribution in [-0.4, -0.2) is 38.0 Å². The number of carbonyl (C=O) groups is 2. The lowest BCUT2D eigenvalue weighted by molar-refractivity contribution is -0.119. The smallest absolute Gasteiger partial charge is 0.321 e. The highest BCUT2D eigenvalue weighted by Crippen LogP contribution is 2.29. The Bertz CT molecular complexity index is 869. The molecule has 1 saturated carbocycles. The molecule has 2 aromatic heterocycles. The zero-order valence-corrected chi connectivity index (χ0v) is 17.6. The maximum atomic E-state index is 12.5. The monoisotopic (exact) mass is 417 g/mol. The minimum Gasteiger partial charge on any atom is -0.469 e. The van der Waals surface area contributed by atoms with Gasteiger partial charge in [-0.05, 0) is 32.8 Å². The van der Waals surface area contributed by atoms with E-state index in [-0.39, 0.29) is 11.9 Å². The molecular formula is C20H27N5O3S. The van der Waals surface area contributed by atoms with E-state index < -0.39 is 11.3 Å². The van der Waals surface area contributed by atoms with E-state index in [4.69, 9.17) is 4.42 Å². The molecule has 9 heteroatoms. The molecule has 0 aliphatic heterocycles. The summed E-state index contributed by atoms with van der Waals surface area (Å²) in [6.07, 6.45) is 8.71. The van der Waals surface area contributed by atoms with Crippen LogP contribution in [0.1, 0.15) is 44.8 Å². The van der Waals surface area contributed by atoms with Crippen molar-refractivity contribution in [1.29, 1.82) is 0 Å². The Hall–Kier alpha value is -2.55. The number of nitrogens with one attached hydrogen (secondary N) is 2. The Labute approximate surface area is 174 Å². The van der Waals surface area contributed by atoms with Crippen LogP contribution in [0.2, 0.25) is 0 Å². The van der Waals surface area contributed by atoms with Gasteiger partial charge in [0.1, 0.15) is 5.76 Å². The second-order valence-corrected chi connectivity index (χ2v) is 8.46. The summed E-state index contributed by atoms with van der Waals surface area (Å²) in [5.41, 5.74) is 0.843. The fraction of sp³-hybridized carbons (Fsp3) is 0.500. The van der Waals surface area contributed by atoms with Gasteiger partial charge in [0.25, 0.3) is 0 Å². The highest BCUT2D eigenvalue weighted by molar-refractivity contribution is 8.00. The predicted octanol–water partition coefficient (Wildman–Crippen LogP) is 3.67. The van der Waals surface area contributed by atoms with Crippen LogP contribution in [0.3, 0.4) is 0 Å². The number of aromatic nitrogens is 3. The summed E-state index contributed by atoms with van der Waals surface area (Å²) < 4.78 is 7.24. The molecule has 0 radical (unpaired) electrons. The van der Waals surface area contributed by atoms with Crippen molar-refractivity contribution in [2.24, 2.45) is 0 Å². The van der Waals surface area contributed by atoms with Gasteiger partial charge in [-0.15, -0.1) is 16.8 Å². The molecule has 0 aromatic carbocycles. The molecule has 0 saturated heterocycles. The lowest BCUT2D eigenvalue weighted by Gasteiger charge is -2.23. The number of amides is 3. The third-order valence-electron chi connectivity index (χ3n) is 4.96. The van der Waals surface area contributed by atoms with Gasteiger partial charge in [-0.1, -0.05) is 37.1 Å². The fourth-order valence-corrected chi connectivity index (χ4v) is 4.24. The Kier molecular flexibility index (Phi) is 7.13. The van der Waals surface area contributed by atoms with Gasteiger partial charge >= 0.3 is 6.03 Å². The molecule has 1 aliphatic carbocycles. The van der Waals surface area contributed by atoms with Gasteiger partial charge in [-0.3, -0.25) is 14.7 Å². The Balaban J connectivity index is 1.63. The van der Waals surface area contributed by atoms with E-state index in [1.54, 1.807) is 19.3 Å². The molecule has 2 aromatic rings. The quantitative estimate of drug-likeness (QED) is 0.526.